The molecular formula is C15H17NO. The Bertz CT molecular complexity index is 630. The molecule has 0 saturated heterocycles. The van der Waals surface area contributed by atoms with Crippen molar-refractivity contribution in [1.82, 2.24) is 4.98 Å². The lowest BCUT2D eigenvalue weighted by atomic mass is 10.1. The summed E-state index contributed by atoms with van der Waals surface area (Å²) in [5.74, 6) is 0. The van der Waals surface area contributed by atoms with Crippen LogP contribution in [0.25, 0.3) is 24.3 Å². The van der Waals surface area contributed by atoms with Crippen LogP contribution in [0.3, 0.4) is 0 Å². The molecule has 0 aromatic carbocycles. The van der Waals surface area contributed by atoms with Crippen LogP contribution in [0.5, 0.6) is 0 Å². The summed E-state index contributed by atoms with van der Waals surface area (Å²) in [4.78, 5) is 15.4. The van der Waals surface area contributed by atoms with Gasteiger partial charge in [-0.05, 0) is 26.0 Å². The van der Waals surface area contributed by atoms with E-state index >= 15 is 0 Å². The van der Waals surface area contributed by atoms with Crippen molar-refractivity contribution in [2.24, 2.45) is 0 Å². The van der Waals surface area contributed by atoms with Gasteiger partial charge in [-0.1, -0.05) is 37.5 Å². The predicted molar refractivity (Wildman–Crippen MR) is 75.9 cm³/mol. The fraction of sp³-hybridized carbons (Fsp3) is 0.133. The molecule has 1 aromatic heterocycles. The Morgan fingerprint density at radius 1 is 1.24 bits per heavy atom. The normalized spacial score (nSPS) is 13.3. The van der Waals surface area contributed by atoms with Gasteiger partial charge in [-0.2, -0.15) is 0 Å². The summed E-state index contributed by atoms with van der Waals surface area (Å²) in [6.07, 6.45) is 10.6. The molecule has 88 valence electrons. The molecule has 2 heteroatoms. The molecule has 0 radical (unpaired) electrons. The third kappa shape index (κ3) is 2.53. The lowest BCUT2D eigenvalue weighted by Crippen LogP contribution is -2.42. The molecule has 0 fully saturated rings. The number of allylic oxidation sites excluding steroid dienone is 2. The van der Waals surface area contributed by atoms with Gasteiger partial charge < -0.3 is 4.98 Å². The first kappa shape index (κ1) is 13.0. The number of pyridine rings is 1. The first-order valence-electron chi connectivity index (χ1n) is 5.50. The fourth-order valence-electron chi connectivity index (χ4n) is 1.71. The molecule has 1 rings (SSSR count). The maximum atomic E-state index is 12.2. The third-order valence-electron chi connectivity index (χ3n) is 2.45. The average molecular weight is 227 g/mol. The largest absolute Gasteiger partial charge is 0.354 e. The van der Waals surface area contributed by atoms with Crippen LogP contribution in [-0.4, -0.2) is 4.98 Å². The van der Waals surface area contributed by atoms with Gasteiger partial charge >= 0.3 is 0 Å². The van der Waals surface area contributed by atoms with E-state index in [2.05, 4.69) is 18.1 Å². The highest BCUT2D eigenvalue weighted by molar-refractivity contribution is 5.61. The lowest BCUT2D eigenvalue weighted by Gasteiger charge is -2.02. The van der Waals surface area contributed by atoms with Crippen molar-refractivity contribution in [3.05, 3.63) is 57.4 Å². The molecule has 0 aliphatic heterocycles. The highest BCUT2D eigenvalue weighted by Crippen LogP contribution is 2.01. The van der Waals surface area contributed by atoms with Crippen molar-refractivity contribution in [3.8, 4) is 0 Å². The van der Waals surface area contributed by atoms with Gasteiger partial charge in [0.2, 0.25) is 0 Å². The summed E-state index contributed by atoms with van der Waals surface area (Å²) in [6, 6.07) is 0. The number of rotatable bonds is 3. The Morgan fingerprint density at radius 2 is 1.94 bits per heavy atom. The lowest BCUT2D eigenvalue weighted by molar-refractivity contribution is 1.16. The van der Waals surface area contributed by atoms with E-state index in [-0.39, 0.29) is 5.43 Å². The predicted octanol–water partition coefficient (Wildman–Crippen LogP) is 1.82. The summed E-state index contributed by atoms with van der Waals surface area (Å²) in [5, 5.41) is 1.42. The average Bonchev–Trinajstić information content (AvgIpc) is 2.30. The monoisotopic (exact) mass is 227 g/mol. The molecule has 1 aromatic rings. The van der Waals surface area contributed by atoms with E-state index in [1.54, 1.807) is 24.3 Å². The smallest absolute Gasteiger partial charge is 0.196 e. The summed E-state index contributed by atoms with van der Waals surface area (Å²) < 4.78 is 0. The van der Waals surface area contributed by atoms with Crippen LogP contribution in [0, 0.1) is 0 Å². The van der Waals surface area contributed by atoms with Crippen LogP contribution in [0.15, 0.2) is 30.1 Å². The van der Waals surface area contributed by atoms with E-state index in [4.69, 9.17) is 0 Å². The number of nitrogens with one attached hydrogen (secondary N) is 1. The van der Waals surface area contributed by atoms with E-state index in [0.717, 1.165) is 11.0 Å². The summed E-state index contributed by atoms with van der Waals surface area (Å²) >= 11 is 0. The van der Waals surface area contributed by atoms with Gasteiger partial charge in [0.1, 0.15) is 0 Å². The van der Waals surface area contributed by atoms with Crippen LogP contribution in [-0.2, 0) is 0 Å². The number of hydrogen-bond acceptors (Lipinski definition) is 1. The Morgan fingerprint density at radius 3 is 2.41 bits per heavy atom. The standard InChI is InChI=1S/C15H17NO/c1-5-9-13-11(7-3)15(17)12(8-4)14(16-13)10-6-2/h5-10,16H,1,4H2,2-3H3/b10-6-,11-7+,13-9+. The Kier molecular flexibility index (Phi) is 4.46. The second-order valence-corrected chi connectivity index (χ2v) is 3.50. The zero-order valence-electron chi connectivity index (χ0n) is 10.3. The minimum absolute atomic E-state index is 0.0116. The third-order valence-corrected chi connectivity index (χ3v) is 2.45. The molecule has 0 unspecified atom stereocenters. The first-order chi connectivity index (χ1) is 8.19. The van der Waals surface area contributed by atoms with Crippen LogP contribution >= 0.6 is 0 Å². The van der Waals surface area contributed by atoms with Crippen molar-refractivity contribution >= 4 is 24.3 Å². The molecule has 0 amide bonds. The van der Waals surface area contributed by atoms with Crippen LogP contribution in [0.1, 0.15) is 25.1 Å². The van der Waals surface area contributed by atoms with Gasteiger partial charge in [0, 0.05) is 21.8 Å². The van der Waals surface area contributed by atoms with Crippen LogP contribution < -0.4 is 16.0 Å². The SMILES string of the molecule is C=C/C=c1/[nH]c(/C=C\C)c(C=C)c(=O)/c1=C/C. The number of H-pyrrole nitrogens is 1. The Labute approximate surface area is 101 Å². The molecular weight excluding hydrogens is 210 g/mol. The first-order valence-corrected chi connectivity index (χ1v) is 5.50. The molecule has 0 aliphatic rings. The van der Waals surface area contributed by atoms with Gasteiger partial charge in [-0.25, -0.2) is 0 Å². The molecule has 1 heterocycles. The van der Waals surface area contributed by atoms with Gasteiger partial charge in [-0.15, -0.1) is 0 Å². The molecule has 17 heavy (non-hydrogen) atoms. The van der Waals surface area contributed by atoms with Crippen LogP contribution in [0.4, 0.5) is 0 Å². The van der Waals surface area contributed by atoms with Gasteiger partial charge in [0.05, 0.1) is 0 Å². The minimum atomic E-state index is -0.0116. The van der Waals surface area contributed by atoms with E-state index in [0.29, 0.717) is 10.8 Å². The van der Waals surface area contributed by atoms with Crippen molar-refractivity contribution in [1.29, 1.82) is 0 Å². The Balaban J connectivity index is 3.94. The van der Waals surface area contributed by atoms with Crippen molar-refractivity contribution < 1.29 is 0 Å². The maximum Gasteiger partial charge on any atom is 0.196 e. The van der Waals surface area contributed by atoms with E-state index in [1.807, 2.05) is 26.0 Å². The Hall–Kier alpha value is -2.09. The number of aromatic nitrogens is 1. The zero-order valence-corrected chi connectivity index (χ0v) is 10.3. The molecule has 0 saturated carbocycles. The topological polar surface area (TPSA) is 32.9 Å². The molecule has 0 spiro atoms. The second kappa shape index (κ2) is 5.85. The quantitative estimate of drug-likeness (QED) is 0.839. The number of hydrogen-bond donors (Lipinski definition) is 1. The van der Waals surface area contributed by atoms with Crippen LogP contribution in [0.2, 0.25) is 0 Å². The minimum Gasteiger partial charge on any atom is -0.354 e. The number of aromatic amines is 1. The van der Waals surface area contributed by atoms with E-state index in [9.17, 15) is 4.79 Å². The van der Waals surface area contributed by atoms with Crippen molar-refractivity contribution in [2.75, 3.05) is 0 Å². The van der Waals surface area contributed by atoms with Gasteiger partial charge in [0.25, 0.3) is 0 Å². The van der Waals surface area contributed by atoms with Crippen molar-refractivity contribution in [2.45, 2.75) is 13.8 Å². The second-order valence-electron chi connectivity index (χ2n) is 3.50. The zero-order chi connectivity index (χ0) is 12.8. The molecule has 0 bridgehead atoms. The summed E-state index contributed by atoms with van der Waals surface area (Å²) in [6.45, 7) is 11.1. The summed E-state index contributed by atoms with van der Waals surface area (Å²) in [5.41, 5.74) is 1.35. The molecule has 1 N–H and O–H groups in total. The molecule has 0 atom stereocenters. The van der Waals surface area contributed by atoms with Gasteiger partial charge in [-0.3, -0.25) is 4.79 Å². The highest BCUT2D eigenvalue weighted by atomic mass is 16.1. The van der Waals surface area contributed by atoms with E-state index < -0.39 is 0 Å². The molecule has 0 aliphatic carbocycles. The highest BCUT2D eigenvalue weighted by Gasteiger charge is 2.03. The van der Waals surface area contributed by atoms with Gasteiger partial charge in [0.15, 0.2) is 5.43 Å². The maximum absolute atomic E-state index is 12.2. The van der Waals surface area contributed by atoms with Crippen molar-refractivity contribution in [3.63, 3.8) is 0 Å². The fourth-order valence-corrected chi connectivity index (χ4v) is 1.71. The summed E-state index contributed by atoms with van der Waals surface area (Å²) in [7, 11) is 0. The van der Waals surface area contributed by atoms with E-state index in [1.165, 1.54) is 0 Å². The molecule has 2 nitrogen and oxygen atoms in total.